The van der Waals surface area contributed by atoms with Gasteiger partial charge in [0.05, 0.1) is 18.8 Å². The highest BCUT2D eigenvalue weighted by Gasteiger charge is 2.51. The Kier molecular flexibility index (Phi) is 8.38. The lowest BCUT2D eigenvalue weighted by atomic mass is 9.97. The van der Waals surface area contributed by atoms with Crippen LogP contribution in [0, 0.1) is 0 Å². The Hall–Kier alpha value is -3.55. The van der Waals surface area contributed by atoms with E-state index in [1.807, 2.05) is 0 Å². The van der Waals surface area contributed by atoms with E-state index < -0.39 is 85.8 Å². The third-order valence-electron chi connectivity index (χ3n) is 7.73. The molecule has 2 saturated heterocycles. The predicted octanol–water partition coefficient (Wildman–Crippen LogP) is -2.10. The van der Waals surface area contributed by atoms with Crippen LogP contribution >= 0.6 is 0 Å². The number of hydrogen-bond acceptors (Lipinski definition) is 16. The van der Waals surface area contributed by atoms with E-state index in [9.17, 15) is 45.6 Å². The highest BCUT2D eigenvalue weighted by molar-refractivity contribution is 5.88. The van der Waals surface area contributed by atoms with Gasteiger partial charge in [-0.25, -0.2) is 0 Å². The molecule has 6 rings (SSSR count). The Balaban J connectivity index is 1.20. The normalized spacial score (nSPS) is 33.4. The largest absolute Gasteiger partial charge is 0.507 e. The molecule has 0 saturated carbocycles. The Morgan fingerprint density at radius 1 is 0.795 bits per heavy atom. The minimum atomic E-state index is -1.83. The minimum absolute atomic E-state index is 0.0517. The fourth-order valence-electron chi connectivity index (χ4n) is 5.33. The van der Waals surface area contributed by atoms with Crippen molar-refractivity contribution in [3.8, 4) is 34.1 Å². The molecule has 238 valence electrons. The van der Waals surface area contributed by atoms with E-state index in [0.717, 1.165) is 6.07 Å². The molecule has 0 spiro atoms. The van der Waals surface area contributed by atoms with Crippen LogP contribution in [0.15, 0.2) is 45.8 Å². The molecule has 3 aromatic rings. The topological polar surface area (TPSA) is 247 Å². The molecule has 0 aliphatic carbocycles. The predicted molar refractivity (Wildman–Crippen MR) is 143 cm³/mol. The second-order valence-corrected chi connectivity index (χ2v) is 10.5. The van der Waals surface area contributed by atoms with Crippen LogP contribution in [0.1, 0.15) is 0 Å². The lowest BCUT2D eigenvalue weighted by Gasteiger charge is -2.45. The molecule has 3 aliphatic rings. The summed E-state index contributed by atoms with van der Waals surface area (Å²) in [5.41, 5.74) is -0.00650. The van der Waals surface area contributed by atoms with Crippen molar-refractivity contribution in [2.75, 3.05) is 20.0 Å². The number of hydrogen-bond donors (Lipinski definition) is 8. The number of aliphatic hydroxyl groups is 7. The number of benzene rings is 2. The van der Waals surface area contributed by atoms with Gasteiger partial charge in [0.15, 0.2) is 17.8 Å². The van der Waals surface area contributed by atoms with Gasteiger partial charge in [0, 0.05) is 12.1 Å². The van der Waals surface area contributed by atoms with Gasteiger partial charge in [-0.15, -0.1) is 0 Å². The van der Waals surface area contributed by atoms with Crippen molar-refractivity contribution in [1.82, 2.24) is 0 Å². The maximum absolute atomic E-state index is 13.3. The molecular formula is C28H30O16. The van der Waals surface area contributed by atoms with E-state index in [0.29, 0.717) is 17.1 Å². The van der Waals surface area contributed by atoms with Crippen LogP contribution in [0.3, 0.4) is 0 Å². The number of rotatable bonds is 7. The molecule has 44 heavy (non-hydrogen) atoms. The molecular weight excluding hydrogens is 592 g/mol. The summed E-state index contributed by atoms with van der Waals surface area (Å²) in [6, 6.07) is 7.22. The summed E-state index contributed by atoms with van der Waals surface area (Å²) in [7, 11) is 0. The molecule has 0 bridgehead atoms. The van der Waals surface area contributed by atoms with Gasteiger partial charge in [-0.05, 0) is 17.7 Å². The number of aliphatic hydroxyl groups excluding tert-OH is 7. The maximum Gasteiger partial charge on any atom is 0.231 e. The first-order chi connectivity index (χ1) is 21.1. The third-order valence-corrected chi connectivity index (χ3v) is 7.73. The van der Waals surface area contributed by atoms with Crippen LogP contribution in [-0.2, 0) is 14.2 Å². The summed E-state index contributed by atoms with van der Waals surface area (Å²) in [4.78, 5) is 13.3. The van der Waals surface area contributed by atoms with E-state index in [1.165, 1.54) is 12.3 Å². The van der Waals surface area contributed by atoms with E-state index in [-0.39, 0.29) is 29.1 Å². The van der Waals surface area contributed by atoms with Gasteiger partial charge in [-0.1, -0.05) is 6.07 Å². The van der Waals surface area contributed by atoms with Gasteiger partial charge in [0.1, 0.15) is 77.6 Å². The first-order valence-corrected chi connectivity index (χ1v) is 13.5. The van der Waals surface area contributed by atoms with Crippen molar-refractivity contribution >= 4 is 11.0 Å². The van der Waals surface area contributed by atoms with Crippen molar-refractivity contribution in [2.24, 2.45) is 0 Å². The van der Waals surface area contributed by atoms with E-state index in [1.54, 1.807) is 18.2 Å². The Labute approximate surface area is 247 Å². The summed E-state index contributed by atoms with van der Waals surface area (Å²) in [5.74, 6) is 0.332. The van der Waals surface area contributed by atoms with Crippen LogP contribution in [0.2, 0.25) is 0 Å². The lowest BCUT2D eigenvalue weighted by Crippen LogP contribution is -2.65. The van der Waals surface area contributed by atoms with Gasteiger partial charge < -0.3 is 73.7 Å². The lowest BCUT2D eigenvalue weighted by molar-refractivity contribution is -0.352. The van der Waals surface area contributed by atoms with Crippen LogP contribution in [0.25, 0.3) is 22.1 Å². The third kappa shape index (κ3) is 5.34. The van der Waals surface area contributed by atoms with E-state index in [4.69, 9.17) is 32.8 Å². The zero-order valence-electron chi connectivity index (χ0n) is 22.7. The fraction of sp³-hybridized carbons (Fsp3) is 0.464. The molecule has 10 atom stereocenters. The standard InChI is InChI=1S/C28H30O16/c29-6-17-21(33)22(34)24(36)28(42-17)44-26-18(7-30)43-27(25(37)23(26)35)41-11-4-13(31)19-16(5-11)38-8-12(20(19)32)10-1-2-14-15(3-10)40-9-39-14/h1-5,8,17-18,21-31,33-37H,6-7,9H2/t17-,18-,21-,22+,23-,24-,25-,26-,27-,28+/m1/s1. The number of ether oxygens (including phenoxy) is 6. The van der Waals surface area contributed by atoms with Crippen LogP contribution in [0.4, 0.5) is 0 Å². The van der Waals surface area contributed by atoms with Crippen molar-refractivity contribution < 1.29 is 73.7 Å². The summed E-state index contributed by atoms with van der Waals surface area (Å²) in [5, 5.41) is 81.8. The number of aromatic hydroxyl groups is 1. The second kappa shape index (κ2) is 12.1. The zero-order valence-corrected chi connectivity index (χ0v) is 22.7. The molecule has 3 aliphatic heterocycles. The summed E-state index contributed by atoms with van der Waals surface area (Å²) in [6.07, 6.45) is -15.2. The summed E-state index contributed by atoms with van der Waals surface area (Å²) < 4.78 is 38.3. The maximum atomic E-state index is 13.3. The van der Waals surface area contributed by atoms with Gasteiger partial charge in [-0.2, -0.15) is 0 Å². The van der Waals surface area contributed by atoms with Crippen molar-refractivity contribution in [3.05, 3.63) is 46.8 Å². The highest BCUT2D eigenvalue weighted by atomic mass is 16.7. The van der Waals surface area contributed by atoms with Gasteiger partial charge in [0.2, 0.25) is 18.5 Å². The molecule has 4 heterocycles. The quantitative estimate of drug-likeness (QED) is 0.141. The van der Waals surface area contributed by atoms with Crippen molar-refractivity contribution in [3.63, 3.8) is 0 Å². The van der Waals surface area contributed by atoms with Crippen molar-refractivity contribution in [2.45, 2.75) is 61.4 Å². The zero-order chi connectivity index (χ0) is 31.3. The van der Waals surface area contributed by atoms with Gasteiger partial charge in [0.25, 0.3) is 0 Å². The Morgan fingerprint density at radius 2 is 1.50 bits per heavy atom. The van der Waals surface area contributed by atoms with E-state index in [2.05, 4.69) is 0 Å². The summed E-state index contributed by atoms with van der Waals surface area (Å²) >= 11 is 0. The SMILES string of the molecule is O=c1c(-c2ccc3c(c2)OCO3)coc2cc(O[C@@H]3O[C@H](CO)[C@@H](O[C@@H]4O[C@H](CO)[C@@H](O)[C@H](O)[C@H]4O)[C@H](O)[C@H]3O)cc(O)c12. The van der Waals surface area contributed by atoms with Gasteiger partial charge >= 0.3 is 0 Å². The second-order valence-electron chi connectivity index (χ2n) is 10.5. The molecule has 0 unspecified atom stereocenters. The molecule has 8 N–H and O–H groups in total. The molecule has 16 heteroatoms. The number of phenolic OH excluding ortho intramolecular Hbond substituents is 1. The number of fused-ring (bicyclic) bond motifs is 2. The monoisotopic (exact) mass is 622 g/mol. The fourth-order valence-corrected chi connectivity index (χ4v) is 5.33. The molecule has 2 fully saturated rings. The minimum Gasteiger partial charge on any atom is -0.507 e. The van der Waals surface area contributed by atoms with Crippen LogP contribution in [0.5, 0.6) is 23.0 Å². The highest BCUT2D eigenvalue weighted by Crippen LogP contribution is 2.37. The Bertz CT molecular complexity index is 1550. The van der Waals surface area contributed by atoms with Crippen molar-refractivity contribution in [1.29, 1.82) is 0 Å². The average molecular weight is 623 g/mol. The first-order valence-electron chi connectivity index (χ1n) is 13.5. The van der Waals surface area contributed by atoms with Crippen LogP contribution in [-0.4, -0.2) is 122 Å². The van der Waals surface area contributed by atoms with Gasteiger partial charge in [-0.3, -0.25) is 4.79 Å². The molecule has 16 nitrogen and oxygen atoms in total. The Morgan fingerprint density at radius 3 is 2.25 bits per heavy atom. The summed E-state index contributed by atoms with van der Waals surface area (Å²) in [6.45, 7) is -1.45. The smallest absolute Gasteiger partial charge is 0.231 e. The van der Waals surface area contributed by atoms with E-state index >= 15 is 0 Å². The first kappa shape index (κ1) is 30.5. The molecule has 2 aromatic carbocycles. The average Bonchev–Trinajstić information content (AvgIpc) is 3.49. The number of phenols is 1. The van der Waals surface area contributed by atoms with Crippen LogP contribution < -0.4 is 19.6 Å². The molecule has 0 amide bonds. The molecule has 0 radical (unpaired) electrons. The molecule has 1 aromatic heterocycles.